The molecular weight excluding hydrogens is 362 g/mol. The highest BCUT2D eigenvalue weighted by molar-refractivity contribution is 7.92. The lowest BCUT2D eigenvalue weighted by atomic mass is 10.3. The number of sulfonamides is 1. The van der Waals surface area contributed by atoms with Gasteiger partial charge in [0.25, 0.3) is 10.0 Å². The van der Waals surface area contributed by atoms with Crippen LogP contribution in [0.1, 0.15) is 0 Å². The summed E-state index contributed by atoms with van der Waals surface area (Å²) in [6.07, 6.45) is 0. The summed E-state index contributed by atoms with van der Waals surface area (Å²) in [4.78, 5) is -0.236. The summed E-state index contributed by atoms with van der Waals surface area (Å²) in [6.45, 7) is 0. The molecule has 0 saturated carbocycles. The fourth-order valence-electron chi connectivity index (χ4n) is 1.55. The number of hydrogen-bond acceptors (Lipinski definition) is 3. The van der Waals surface area contributed by atoms with Gasteiger partial charge in [0.05, 0.1) is 20.8 Å². The highest BCUT2D eigenvalue weighted by Crippen LogP contribution is 2.34. The molecule has 2 aromatic carbocycles. The van der Waals surface area contributed by atoms with E-state index < -0.39 is 15.8 Å². The van der Waals surface area contributed by atoms with Gasteiger partial charge in [-0.15, -0.1) is 0 Å². The molecule has 0 saturated heterocycles. The highest BCUT2D eigenvalue weighted by Gasteiger charge is 2.21. The maximum absolute atomic E-state index is 13.1. The van der Waals surface area contributed by atoms with Crippen molar-refractivity contribution in [1.29, 1.82) is 0 Å². The van der Waals surface area contributed by atoms with E-state index in [9.17, 15) is 12.8 Å². The highest BCUT2D eigenvalue weighted by atomic mass is 35.5. The molecule has 0 bridgehead atoms. The van der Waals surface area contributed by atoms with Crippen molar-refractivity contribution in [2.45, 2.75) is 4.90 Å². The molecule has 0 radical (unpaired) electrons. The van der Waals surface area contributed by atoms with E-state index in [1.807, 2.05) is 0 Å². The molecule has 0 atom stereocenters. The van der Waals surface area contributed by atoms with Crippen LogP contribution in [-0.4, -0.2) is 8.42 Å². The fourth-order valence-corrected chi connectivity index (χ4v) is 3.86. The van der Waals surface area contributed by atoms with Crippen LogP contribution in [-0.2, 0) is 10.0 Å². The SMILES string of the molecule is Nc1ccc(Cl)c(S(=O)(=O)Nc2c(Cl)cc(F)cc2Cl)c1. The Labute approximate surface area is 135 Å². The Kier molecular flexibility index (Phi) is 4.53. The smallest absolute Gasteiger partial charge is 0.263 e. The van der Waals surface area contributed by atoms with E-state index in [2.05, 4.69) is 4.72 Å². The number of nitrogen functional groups attached to an aromatic ring is 1. The van der Waals surface area contributed by atoms with E-state index in [4.69, 9.17) is 40.5 Å². The Balaban J connectivity index is 2.50. The number of benzene rings is 2. The Morgan fingerprint density at radius 2 is 1.57 bits per heavy atom. The van der Waals surface area contributed by atoms with Gasteiger partial charge in [0, 0.05) is 5.69 Å². The standard InChI is InChI=1S/C12H8Cl3FN2O2S/c13-8-2-1-7(17)5-11(8)21(19,20)18-12-9(14)3-6(16)4-10(12)15/h1-5,18H,17H2. The molecule has 2 rings (SSSR count). The third kappa shape index (κ3) is 3.52. The van der Waals surface area contributed by atoms with Gasteiger partial charge < -0.3 is 5.73 Å². The van der Waals surface area contributed by atoms with E-state index in [1.54, 1.807) is 0 Å². The van der Waals surface area contributed by atoms with E-state index in [1.165, 1.54) is 18.2 Å². The summed E-state index contributed by atoms with van der Waals surface area (Å²) in [7, 11) is -4.08. The second kappa shape index (κ2) is 5.88. The van der Waals surface area contributed by atoms with Crippen LogP contribution in [0.2, 0.25) is 15.1 Å². The minimum absolute atomic E-state index is 0.0222. The third-order valence-electron chi connectivity index (χ3n) is 2.49. The summed E-state index contributed by atoms with van der Waals surface area (Å²) in [5, 5.41) is -0.377. The molecule has 21 heavy (non-hydrogen) atoms. The van der Waals surface area contributed by atoms with Crippen LogP contribution in [0.4, 0.5) is 15.8 Å². The molecule has 0 spiro atoms. The molecule has 0 aromatic heterocycles. The number of nitrogens with one attached hydrogen (secondary N) is 1. The topological polar surface area (TPSA) is 72.2 Å². The molecule has 3 N–H and O–H groups in total. The first kappa shape index (κ1) is 16.2. The van der Waals surface area contributed by atoms with E-state index in [0.29, 0.717) is 0 Å². The zero-order valence-electron chi connectivity index (χ0n) is 10.2. The van der Waals surface area contributed by atoms with Gasteiger partial charge in [-0.25, -0.2) is 12.8 Å². The van der Waals surface area contributed by atoms with Gasteiger partial charge in [-0.1, -0.05) is 34.8 Å². The molecule has 0 unspecified atom stereocenters. The van der Waals surface area contributed by atoms with Gasteiger partial charge in [-0.2, -0.15) is 0 Å². The predicted molar refractivity (Wildman–Crippen MR) is 83.1 cm³/mol. The summed E-state index contributed by atoms with van der Waals surface area (Å²) in [6, 6.07) is 5.87. The van der Waals surface area contributed by atoms with Crippen molar-refractivity contribution in [3.63, 3.8) is 0 Å². The zero-order valence-corrected chi connectivity index (χ0v) is 13.3. The van der Waals surface area contributed by atoms with Crippen molar-refractivity contribution in [3.05, 3.63) is 51.2 Å². The molecule has 4 nitrogen and oxygen atoms in total. The van der Waals surface area contributed by atoms with Crippen molar-refractivity contribution in [3.8, 4) is 0 Å². The Morgan fingerprint density at radius 3 is 2.14 bits per heavy atom. The lowest BCUT2D eigenvalue weighted by Gasteiger charge is -2.12. The average Bonchev–Trinajstić information content (AvgIpc) is 2.36. The molecule has 0 heterocycles. The predicted octanol–water partition coefficient (Wildman–Crippen LogP) is 4.17. The first-order chi connectivity index (χ1) is 9.70. The van der Waals surface area contributed by atoms with E-state index in [0.717, 1.165) is 12.1 Å². The fraction of sp³-hybridized carbons (Fsp3) is 0. The molecule has 0 fully saturated rings. The van der Waals surface area contributed by atoms with Crippen molar-refractivity contribution in [2.24, 2.45) is 0 Å². The van der Waals surface area contributed by atoms with Crippen LogP contribution < -0.4 is 10.5 Å². The lowest BCUT2D eigenvalue weighted by Crippen LogP contribution is -2.14. The minimum Gasteiger partial charge on any atom is -0.399 e. The second-order valence-electron chi connectivity index (χ2n) is 4.04. The quantitative estimate of drug-likeness (QED) is 0.798. The van der Waals surface area contributed by atoms with Crippen molar-refractivity contribution < 1.29 is 12.8 Å². The van der Waals surface area contributed by atoms with Crippen molar-refractivity contribution in [1.82, 2.24) is 0 Å². The average molecular weight is 370 g/mol. The molecule has 0 amide bonds. The van der Waals surface area contributed by atoms with Crippen LogP contribution in [0.5, 0.6) is 0 Å². The number of anilines is 2. The maximum Gasteiger partial charge on any atom is 0.263 e. The number of halogens is 4. The molecular formula is C12H8Cl3FN2O2S. The van der Waals surface area contributed by atoms with Crippen molar-refractivity contribution >= 4 is 56.2 Å². The van der Waals surface area contributed by atoms with Gasteiger partial charge in [0.15, 0.2) is 0 Å². The number of hydrogen-bond donors (Lipinski definition) is 2. The van der Waals surface area contributed by atoms with Crippen LogP contribution in [0.15, 0.2) is 35.2 Å². The Bertz CT molecular complexity index is 789. The van der Waals surface area contributed by atoms with Gasteiger partial charge in [0.1, 0.15) is 10.7 Å². The molecule has 112 valence electrons. The van der Waals surface area contributed by atoms with Crippen LogP contribution in [0.3, 0.4) is 0 Å². The second-order valence-corrected chi connectivity index (χ2v) is 6.91. The summed E-state index contributed by atoms with van der Waals surface area (Å²) < 4.78 is 39.9. The third-order valence-corrected chi connectivity index (χ3v) is 4.92. The molecule has 9 heteroatoms. The first-order valence-corrected chi connectivity index (χ1v) is 8.05. The van der Waals surface area contributed by atoms with E-state index >= 15 is 0 Å². The lowest BCUT2D eigenvalue weighted by molar-refractivity contribution is 0.601. The normalized spacial score (nSPS) is 11.4. The summed E-state index contributed by atoms with van der Waals surface area (Å²) in [5.41, 5.74) is 5.62. The summed E-state index contributed by atoms with van der Waals surface area (Å²) >= 11 is 17.4. The molecule has 2 aromatic rings. The largest absolute Gasteiger partial charge is 0.399 e. The Hall–Kier alpha value is -1.21. The van der Waals surface area contributed by atoms with E-state index in [-0.39, 0.29) is 31.3 Å². The van der Waals surface area contributed by atoms with Gasteiger partial charge in [0.2, 0.25) is 0 Å². The Morgan fingerprint density at radius 1 is 1.00 bits per heavy atom. The summed E-state index contributed by atoms with van der Waals surface area (Å²) in [5.74, 6) is -0.685. The van der Waals surface area contributed by atoms with Crippen LogP contribution >= 0.6 is 34.8 Å². The van der Waals surface area contributed by atoms with Crippen LogP contribution in [0.25, 0.3) is 0 Å². The zero-order chi connectivity index (χ0) is 15.8. The molecule has 0 aliphatic heterocycles. The monoisotopic (exact) mass is 368 g/mol. The molecule has 0 aliphatic carbocycles. The number of nitrogens with two attached hydrogens (primary N) is 1. The molecule has 0 aliphatic rings. The van der Waals surface area contributed by atoms with Crippen LogP contribution in [0, 0.1) is 5.82 Å². The number of rotatable bonds is 3. The maximum atomic E-state index is 13.1. The van der Waals surface area contributed by atoms with Gasteiger partial charge >= 0.3 is 0 Å². The van der Waals surface area contributed by atoms with Gasteiger partial charge in [-0.3, -0.25) is 4.72 Å². The first-order valence-electron chi connectivity index (χ1n) is 5.43. The minimum atomic E-state index is -4.08. The van der Waals surface area contributed by atoms with Crippen molar-refractivity contribution in [2.75, 3.05) is 10.5 Å². The van der Waals surface area contributed by atoms with Gasteiger partial charge in [-0.05, 0) is 30.3 Å².